The Morgan fingerprint density at radius 2 is 1.61 bits per heavy atom. The summed E-state index contributed by atoms with van der Waals surface area (Å²) in [6.45, 7) is 22.3. The summed E-state index contributed by atoms with van der Waals surface area (Å²) in [6.07, 6.45) is 2.80. The molecule has 3 heterocycles. The van der Waals surface area contributed by atoms with Crippen LogP contribution in [0.15, 0.2) is 72.2 Å². The van der Waals surface area contributed by atoms with Gasteiger partial charge in [0.2, 0.25) is 17.7 Å². The number of aliphatic hydroxyl groups excluding tert-OH is 1. The summed E-state index contributed by atoms with van der Waals surface area (Å²) in [5, 5.41) is 29.7. The van der Waals surface area contributed by atoms with E-state index in [0.717, 1.165) is 80.1 Å². The highest BCUT2D eigenvalue weighted by Crippen LogP contribution is 2.55. The van der Waals surface area contributed by atoms with Crippen LogP contribution in [0.5, 0.6) is 11.5 Å². The van der Waals surface area contributed by atoms with E-state index in [2.05, 4.69) is 64.5 Å². The zero-order valence-electron chi connectivity index (χ0n) is 46.1. The number of aromatic nitrogens is 1. The molecule has 0 unspecified atom stereocenters. The summed E-state index contributed by atoms with van der Waals surface area (Å²) in [7, 11) is 0. The van der Waals surface area contributed by atoms with Crippen molar-refractivity contribution in [3.05, 3.63) is 99.6 Å². The highest BCUT2D eigenvalue weighted by molar-refractivity contribution is 7.13. The van der Waals surface area contributed by atoms with E-state index in [9.17, 15) is 29.5 Å². The van der Waals surface area contributed by atoms with E-state index in [4.69, 9.17) is 25.8 Å². The molecule has 4 aromatic rings. The van der Waals surface area contributed by atoms with Crippen molar-refractivity contribution in [1.29, 1.82) is 5.26 Å². The van der Waals surface area contributed by atoms with Gasteiger partial charge in [0.05, 0.1) is 44.9 Å². The van der Waals surface area contributed by atoms with Gasteiger partial charge in [-0.25, -0.2) is 4.98 Å². The fraction of sp³-hybridized carbons (Fsp3) is 0.559. The number of nitrogens with one attached hydrogen (secondary N) is 3. The van der Waals surface area contributed by atoms with Gasteiger partial charge in [-0.05, 0) is 79.6 Å². The SMILES string of the molecule is Cc1ncsc1-c1ccc([C@H](C)NC(=O)[C@@H]2C[C@@H](O)CN2C(=O)[C@@H](NC(=O)CO[C@H]2CCCC[C@@H]2N2CCN(CCOc3ccc(C(=O)N[C@H]4C(C)(C)[C@H](Oc5ccc(C#N)c(Cl)c5)C4(C)C)cc3)CC2)C(C)(C)C)cc1. The number of amides is 4. The van der Waals surface area contributed by atoms with Crippen molar-refractivity contribution >= 4 is 46.6 Å². The van der Waals surface area contributed by atoms with Crippen LogP contribution < -0.4 is 25.4 Å². The molecule has 2 saturated carbocycles. The lowest BCUT2D eigenvalue weighted by molar-refractivity contribution is -0.164. The molecule has 4 N–H and O–H groups in total. The fourth-order valence-corrected chi connectivity index (χ4v) is 13.2. The highest BCUT2D eigenvalue weighted by Gasteiger charge is 2.64. The number of hydrogen-bond donors (Lipinski definition) is 4. The Kier molecular flexibility index (Phi) is 18.1. The molecule has 2 saturated heterocycles. The smallest absolute Gasteiger partial charge is 0.251 e. The molecule has 18 heteroatoms. The first-order chi connectivity index (χ1) is 36.5. The van der Waals surface area contributed by atoms with Crippen molar-refractivity contribution in [3.63, 3.8) is 0 Å². The molecule has 16 nitrogen and oxygen atoms in total. The van der Waals surface area contributed by atoms with Gasteiger partial charge in [0.1, 0.15) is 49.0 Å². The van der Waals surface area contributed by atoms with Crippen LogP contribution in [-0.4, -0.2) is 143 Å². The third kappa shape index (κ3) is 13.3. The predicted octanol–water partition coefficient (Wildman–Crippen LogP) is 7.95. The number of nitriles is 1. The number of thiazole rings is 1. The van der Waals surface area contributed by atoms with Gasteiger partial charge in [-0.2, -0.15) is 5.26 Å². The second-order valence-electron chi connectivity index (χ2n) is 23.6. The van der Waals surface area contributed by atoms with E-state index in [-0.39, 0.29) is 72.6 Å². The molecule has 0 radical (unpaired) electrons. The maximum absolute atomic E-state index is 14.4. The lowest BCUT2D eigenvalue weighted by Crippen LogP contribution is -2.74. The van der Waals surface area contributed by atoms with E-state index in [0.29, 0.717) is 34.3 Å². The van der Waals surface area contributed by atoms with E-state index < -0.39 is 35.4 Å². The molecule has 2 aliphatic heterocycles. The number of hydrogen-bond acceptors (Lipinski definition) is 13. The number of likely N-dealkylation sites (tertiary alicyclic amines) is 1. The fourth-order valence-electron chi connectivity index (χ4n) is 12.2. The summed E-state index contributed by atoms with van der Waals surface area (Å²) >= 11 is 7.85. The van der Waals surface area contributed by atoms with Gasteiger partial charge < -0.3 is 40.2 Å². The molecular weight excluding hydrogens is 1020 g/mol. The van der Waals surface area contributed by atoms with Crippen LogP contribution in [-0.2, 0) is 19.1 Å². The molecule has 8 rings (SSSR count). The Hall–Kier alpha value is -5.61. The van der Waals surface area contributed by atoms with Crippen molar-refractivity contribution in [2.45, 2.75) is 143 Å². The van der Waals surface area contributed by atoms with Gasteiger partial charge in [0.15, 0.2) is 0 Å². The van der Waals surface area contributed by atoms with Gasteiger partial charge in [0, 0.05) is 80.2 Å². The van der Waals surface area contributed by atoms with Crippen molar-refractivity contribution in [3.8, 4) is 28.0 Å². The van der Waals surface area contributed by atoms with Crippen LogP contribution in [0.1, 0.15) is 121 Å². The molecular formula is C59H77ClN8O8S. The number of β-amino-alcohol motifs (C(OH)–C–C–N with tert-alkyl or cyclic N) is 1. The Morgan fingerprint density at radius 3 is 2.25 bits per heavy atom. The van der Waals surface area contributed by atoms with Gasteiger partial charge in [-0.15, -0.1) is 11.3 Å². The first-order valence-electron chi connectivity index (χ1n) is 27.1. The van der Waals surface area contributed by atoms with E-state index in [1.54, 1.807) is 41.7 Å². The number of carbonyl (C=O) groups excluding carboxylic acids is 4. The minimum Gasteiger partial charge on any atom is -0.492 e. The van der Waals surface area contributed by atoms with Crippen LogP contribution in [0.4, 0.5) is 0 Å². The Labute approximate surface area is 463 Å². The molecule has 2 aliphatic carbocycles. The Balaban J connectivity index is 0.764. The van der Waals surface area contributed by atoms with Gasteiger partial charge in [0.25, 0.3) is 5.91 Å². The number of aliphatic hydroxyl groups is 1. The van der Waals surface area contributed by atoms with Crippen LogP contribution in [0, 0.1) is 34.5 Å². The van der Waals surface area contributed by atoms with Crippen molar-refractivity contribution < 1.29 is 38.5 Å². The number of aryl methyl sites for hydroxylation is 1. The van der Waals surface area contributed by atoms with Crippen LogP contribution in [0.2, 0.25) is 5.02 Å². The first kappa shape index (κ1) is 57.6. The lowest BCUT2D eigenvalue weighted by Gasteiger charge is -2.63. The summed E-state index contributed by atoms with van der Waals surface area (Å²) in [5.41, 5.74) is 4.22. The van der Waals surface area contributed by atoms with Crippen LogP contribution >= 0.6 is 22.9 Å². The predicted molar refractivity (Wildman–Crippen MR) is 298 cm³/mol. The minimum absolute atomic E-state index is 0.00831. The molecule has 3 aromatic carbocycles. The number of ether oxygens (including phenoxy) is 3. The van der Waals surface area contributed by atoms with Crippen molar-refractivity contribution in [2.24, 2.45) is 16.2 Å². The maximum Gasteiger partial charge on any atom is 0.251 e. The number of benzene rings is 3. The topological polar surface area (TPSA) is 199 Å². The van der Waals surface area contributed by atoms with Gasteiger partial charge in [-0.1, -0.05) is 97.2 Å². The third-order valence-corrected chi connectivity index (χ3v) is 17.5. The zero-order chi connectivity index (χ0) is 55.4. The average Bonchev–Trinajstić information content (AvgIpc) is 4.04. The molecule has 4 fully saturated rings. The van der Waals surface area contributed by atoms with Crippen molar-refractivity contribution in [2.75, 3.05) is 52.5 Å². The van der Waals surface area contributed by atoms with Crippen LogP contribution in [0.25, 0.3) is 10.4 Å². The van der Waals surface area contributed by atoms with E-state index in [1.165, 1.54) is 4.90 Å². The highest BCUT2D eigenvalue weighted by atomic mass is 35.5. The standard InChI is InChI=1S/C59H77ClN8O8S/c1-36(38-14-16-39(17-15-38)50-37(2)62-35-77-50)63-53(72)47-30-42(69)33-68(47)54(73)51(57(3,4)5)64-49(70)34-75-48-13-11-10-12-46(48)67-26-24-66(25-27-67)28-29-74-43-21-18-40(19-22-43)52(71)65-55-58(6,7)56(59(55,8)9)76-44-23-20-41(32-61)45(60)31-44/h14-23,31,35-36,42,46-48,51,55-56,69H,10-13,24-30,33-34H2,1-9H3,(H,63,72)(H,64,70)(H,65,71)/t36-,42+,46-,47-,48-,51+,55-,56-/m0/s1. The normalized spacial score (nSPS) is 24.2. The van der Waals surface area contributed by atoms with Crippen LogP contribution in [0.3, 0.4) is 0 Å². The lowest BCUT2D eigenvalue weighted by atomic mass is 9.49. The maximum atomic E-state index is 14.4. The number of halogens is 1. The molecule has 4 aliphatic rings. The monoisotopic (exact) mass is 1090 g/mol. The molecule has 0 spiro atoms. The molecule has 414 valence electrons. The van der Waals surface area contributed by atoms with E-state index in [1.807, 2.05) is 76.5 Å². The Morgan fingerprint density at radius 1 is 0.935 bits per heavy atom. The molecule has 1 aromatic heterocycles. The van der Waals surface area contributed by atoms with Crippen molar-refractivity contribution in [1.82, 2.24) is 35.6 Å². The molecule has 4 amide bonds. The quantitative estimate of drug-likeness (QED) is 0.0752. The molecule has 6 atom stereocenters. The van der Waals surface area contributed by atoms with Gasteiger partial charge in [-0.3, -0.25) is 29.0 Å². The number of piperazine rings is 1. The molecule has 0 bridgehead atoms. The number of carbonyl (C=O) groups is 4. The number of nitrogens with zero attached hydrogens (tertiary/aromatic N) is 5. The average molecular weight is 1090 g/mol. The summed E-state index contributed by atoms with van der Waals surface area (Å²) in [5.74, 6) is -0.0578. The second-order valence-corrected chi connectivity index (χ2v) is 24.9. The third-order valence-electron chi connectivity index (χ3n) is 16.3. The molecule has 77 heavy (non-hydrogen) atoms. The summed E-state index contributed by atoms with van der Waals surface area (Å²) in [4.78, 5) is 67.1. The number of rotatable bonds is 18. The largest absolute Gasteiger partial charge is 0.492 e. The van der Waals surface area contributed by atoms with E-state index >= 15 is 0 Å². The Bertz CT molecular complexity index is 2750. The second kappa shape index (κ2) is 24.2. The summed E-state index contributed by atoms with van der Waals surface area (Å²) < 4.78 is 18.9. The van der Waals surface area contributed by atoms with Gasteiger partial charge >= 0.3 is 0 Å². The minimum atomic E-state index is -0.956. The zero-order valence-corrected chi connectivity index (χ0v) is 47.6. The summed E-state index contributed by atoms with van der Waals surface area (Å²) in [6, 6.07) is 20.2. The first-order valence-corrected chi connectivity index (χ1v) is 28.4.